The van der Waals surface area contributed by atoms with E-state index < -0.39 is 16.7 Å². The number of imide groups is 1. The van der Waals surface area contributed by atoms with Crippen molar-refractivity contribution in [2.45, 2.75) is 10.9 Å². The summed E-state index contributed by atoms with van der Waals surface area (Å²) in [7, 11) is 1.83. The van der Waals surface area contributed by atoms with Crippen LogP contribution in [0, 0.1) is 11.8 Å². The number of amides is 2. The van der Waals surface area contributed by atoms with Crippen LogP contribution < -0.4 is 4.90 Å². The second-order valence-electron chi connectivity index (χ2n) is 6.47. The number of ketones is 1. The van der Waals surface area contributed by atoms with Gasteiger partial charge < -0.3 is 0 Å². The number of thioether (sulfide) groups is 1. The number of rotatable bonds is 4. The van der Waals surface area contributed by atoms with Crippen LogP contribution in [0.25, 0.3) is 0 Å². The third-order valence-corrected chi connectivity index (χ3v) is 6.93. The van der Waals surface area contributed by atoms with Crippen molar-refractivity contribution in [1.29, 1.82) is 0 Å². The second-order valence-corrected chi connectivity index (χ2v) is 7.72. The fraction of sp³-hybridized carbons (Fsp3) is 0.316. The molecule has 0 aromatic heterocycles. The average molecular weight is 354 g/mol. The van der Waals surface area contributed by atoms with Crippen molar-refractivity contribution >= 4 is 35.0 Å². The van der Waals surface area contributed by atoms with Crippen LogP contribution in [0.1, 0.15) is 0 Å². The van der Waals surface area contributed by atoms with E-state index in [1.807, 2.05) is 18.0 Å². The van der Waals surface area contributed by atoms with Crippen LogP contribution in [0.15, 0.2) is 55.1 Å². The van der Waals surface area contributed by atoms with E-state index in [1.165, 1.54) is 22.7 Å². The highest BCUT2D eigenvalue weighted by Gasteiger charge is 2.71. The van der Waals surface area contributed by atoms with E-state index in [4.69, 9.17) is 0 Å². The molecule has 0 saturated carbocycles. The summed E-state index contributed by atoms with van der Waals surface area (Å²) in [5.41, 5.74) is 0.563. The van der Waals surface area contributed by atoms with Gasteiger partial charge in [-0.3, -0.25) is 19.3 Å². The summed E-state index contributed by atoms with van der Waals surface area (Å²) in [6.45, 7) is 3.73. The van der Waals surface area contributed by atoms with Crippen LogP contribution in [0.4, 0.5) is 5.69 Å². The van der Waals surface area contributed by atoms with E-state index in [0.717, 1.165) is 0 Å². The van der Waals surface area contributed by atoms with Crippen LogP contribution in [0.2, 0.25) is 0 Å². The molecule has 1 aromatic carbocycles. The molecule has 0 radical (unpaired) electrons. The Bertz CT molecular complexity index is 806. The zero-order chi connectivity index (χ0) is 17.8. The minimum atomic E-state index is -1.03. The number of nitrogens with zero attached hydrogens (tertiary/aromatic N) is 2. The van der Waals surface area contributed by atoms with E-state index in [2.05, 4.69) is 6.58 Å². The molecular weight excluding hydrogens is 336 g/mol. The molecule has 25 heavy (non-hydrogen) atoms. The zero-order valence-electron chi connectivity index (χ0n) is 13.8. The first-order chi connectivity index (χ1) is 12.0. The Morgan fingerprint density at radius 1 is 1.20 bits per heavy atom. The predicted molar refractivity (Wildman–Crippen MR) is 97.0 cm³/mol. The van der Waals surface area contributed by atoms with Gasteiger partial charge >= 0.3 is 0 Å². The third-order valence-electron chi connectivity index (χ3n) is 5.35. The number of likely N-dealkylation sites (N-methyl/N-ethyl adjacent to an activating group) is 1. The summed E-state index contributed by atoms with van der Waals surface area (Å²) >= 11 is 1.39. The Morgan fingerprint density at radius 2 is 1.92 bits per heavy atom. The monoisotopic (exact) mass is 354 g/mol. The van der Waals surface area contributed by atoms with Gasteiger partial charge in [0.1, 0.15) is 4.87 Å². The van der Waals surface area contributed by atoms with Crippen LogP contribution in [0.3, 0.4) is 0 Å². The Hall–Kier alpha value is -2.18. The van der Waals surface area contributed by atoms with E-state index in [-0.39, 0.29) is 23.6 Å². The molecule has 0 aliphatic carbocycles. The number of hydrogen-bond acceptors (Lipinski definition) is 5. The summed E-state index contributed by atoms with van der Waals surface area (Å²) in [6.07, 6.45) is 5.02. The first-order valence-electron chi connectivity index (χ1n) is 8.17. The van der Waals surface area contributed by atoms with Gasteiger partial charge in [0, 0.05) is 11.8 Å². The molecule has 3 aliphatic heterocycles. The molecule has 0 N–H and O–H groups in total. The number of benzene rings is 1. The van der Waals surface area contributed by atoms with Crippen molar-refractivity contribution in [3.8, 4) is 0 Å². The Kier molecular flexibility index (Phi) is 3.70. The maximum absolute atomic E-state index is 13.3. The molecule has 5 nitrogen and oxygen atoms in total. The van der Waals surface area contributed by atoms with Crippen LogP contribution in [0.5, 0.6) is 0 Å². The van der Waals surface area contributed by atoms with Crippen molar-refractivity contribution < 1.29 is 14.4 Å². The fourth-order valence-electron chi connectivity index (χ4n) is 4.29. The molecule has 128 valence electrons. The van der Waals surface area contributed by atoms with Gasteiger partial charge in [-0.15, -0.1) is 18.3 Å². The molecule has 2 fully saturated rings. The highest BCUT2D eigenvalue weighted by atomic mass is 32.2. The van der Waals surface area contributed by atoms with Crippen LogP contribution in [-0.4, -0.2) is 46.2 Å². The van der Waals surface area contributed by atoms with E-state index in [9.17, 15) is 14.4 Å². The molecule has 1 aromatic rings. The molecule has 3 aliphatic rings. The summed E-state index contributed by atoms with van der Waals surface area (Å²) in [5.74, 6) is -1.31. The molecule has 2 bridgehead atoms. The average Bonchev–Trinajstić information content (AvgIpc) is 2.96. The Morgan fingerprint density at radius 3 is 2.60 bits per heavy atom. The summed E-state index contributed by atoms with van der Waals surface area (Å²) in [6, 6.07) is 8.68. The van der Waals surface area contributed by atoms with Crippen molar-refractivity contribution in [3.63, 3.8) is 0 Å². The number of hydrogen-bond donors (Lipinski definition) is 0. The van der Waals surface area contributed by atoms with Crippen molar-refractivity contribution in [3.05, 3.63) is 55.1 Å². The quantitative estimate of drug-likeness (QED) is 0.610. The fourth-order valence-corrected chi connectivity index (χ4v) is 5.62. The number of para-hydroxylation sites is 1. The van der Waals surface area contributed by atoms with Crippen LogP contribution in [-0.2, 0) is 14.4 Å². The van der Waals surface area contributed by atoms with Gasteiger partial charge in [-0.2, -0.15) is 0 Å². The van der Waals surface area contributed by atoms with E-state index in [0.29, 0.717) is 11.4 Å². The maximum atomic E-state index is 13.3. The summed E-state index contributed by atoms with van der Waals surface area (Å²) < 4.78 is 0. The number of fused-ring (bicyclic) bond motifs is 5. The van der Waals surface area contributed by atoms with Crippen molar-refractivity contribution in [2.75, 3.05) is 17.7 Å². The second kappa shape index (κ2) is 5.68. The largest absolute Gasteiger partial charge is 0.292 e. The lowest BCUT2D eigenvalue weighted by atomic mass is 9.89. The molecular formula is C19H18N2O3S. The van der Waals surface area contributed by atoms with Gasteiger partial charge in [0.15, 0.2) is 5.78 Å². The first-order valence-corrected chi connectivity index (χ1v) is 9.16. The minimum Gasteiger partial charge on any atom is -0.292 e. The SMILES string of the molecule is C=CCSC12C(=O)C=CC(C3C(=O)N(c4ccccc4)C(=O)C31)N2C. The molecule has 4 atom stereocenters. The molecule has 6 heteroatoms. The first kappa shape index (κ1) is 16.3. The molecule has 0 spiro atoms. The van der Waals surface area contributed by atoms with Crippen LogP contribution >= 0.6 is 11.8 Å². The van der Waals surface area contributed by atoms with E-state index in [1.54, 1.807) is 36.4 Å². The summed E-state index contributed by atoms with van der Waals surface area (Å²) in [5, 5.41) is 0. The Labute approximate surface area is 150 Å². The van der Waals surface area contributed by atoms with Gasteiger partial charge in [-0.05, 0) is 25.3 Å². The smallest absolute Gasteiger partial charge is 0.241 e. The zero-order valence-corrected chi connectivity index (χ0v) is 14.6. The highest BCUT2D eigenvalue weighted by Crippen LogP contribution is 2.56. The van der Waals surface area contributed by atoms with Gasteiger partial charge in [-0.1, -0.05) is 30.4 Å². The lowest BCUT2D eigenvalue weighted by molar-refractivity contribution is -0.129. The van der Waals surface area contributed by atoms with Gasteiger partial charge in [-0.25, -0.2) is 4.90 Å². The molecule has 4 unspecified atom stereocenters. The molecule has 3 heterocycles. The highest BCUT2D eigenvalue weighted by molar-refractivity contribution is 8.01. The van der Waals surface area contributed by atoms with Crippen molar-refractivity contribution in [1.82, 2.24) is 4.90 Å². The van der Waals surface area contributed by atoms with E-state index >= 15 is 0 Å². The third kappa shape index (κ3) is 1.98. The van der Waals surface area contributed by atoms with Crippen molar-refractivity contribution in [2.24, 2.45) is 11.8 Å². The normalized spacial score (nSPS) is 33.9. The van der Waals surface area contributed by atoms with Gasteiger partial charge in [0.25, 0.3) is 0 Å². The lowest BCUT2D eigenvalue weighted by Gasteiger charge is -2.40. The number of carbonyl (C=O) groups excluding carboxylic acids is 3. The standard InChI is InChI=1S/C19H18N2O3S/c1-3-11-25-19-14(22)10-9-13(20(19)2)15-16(19)18(24)21(17(15)23)12-7-5-4-6-8-12/h3-10,13,15-16H,1,11H2,2H3. The molecule has 2 saturated heterocycles. The molecule has 2 amide bonds. The maximum Gasteiger partial charge on any atom is 0.241 e. The minimum absolute atomic E-state index is 0.123. The predicted octanol–water partition coefficient (Wildman–Crippen LogP) is 1.86. The number of anilines is 1. The summed E-state index contributed by atoms with van der Waals surface area (Å²) in [4.78, 5) is 41.4. The van der Waals surface area contributed by atoms with Gasteiger partial charge in [0.05, 0.1) is 17.5 Å². The number of carbonyl (C=O) groups is 3. The Balaban J connectivity index is 1.83. The lowest BCUT2D eigenvalue weighted by Crippen LogP contribution is -2.56. The van der Waals surface area contributed by atoms with Gasteiger partial charge in [0.2, 0.25) is 11.8 Å². The molecule has 4 rings (SSSR count). The topological polar surface area (TPSA) is 57.7 Å².